The van der Waals surface area contributed by atoms with Crippen LogP contribution in [0.25, 0.3) is 0 Å². The second-order valence-corrected chi connectivity index (χ2v) is 4.86. The van der Waals surface area contributed by atoms with E-state index in [0.717, 1.165) is 42.1 Å². The van der Waals surface area contributed by atoms with Crippen molar-refractivity contribution < 1.29 is 0 Å². The molecule has 2 rings (SSSR count). The molecule has 1 aliphatic carbocycles. The quantitative estimate of drug-likeness (QED) is 0.803. The summed E-state index contributed by atoms with van der Waals surface area (Å²) in [6.45, 7) is 8.21. The summed E-state index contributed by atoms with van der Waals surface area (Å²) in [5.41, 5.74) is 7.73. The third kappa shape index (κ3) is 2.15. The molecule has 1 fully saturated rings. The van der Waals surface area contributed by atoms with Crippen molar-refractivity contribution in [2.45, 2.75) is 40.2 Å². The number of nitrogens with zero attached hydrogens (tertiary/aromatic N) is 2. The topological polar surface area (TPSA) is 55.9 Å². The standard InChI is InChI=1S/C12H22N4/c1-4-16-12(11(13)9(3)15-16)14-7-8(2)10-5-6-10/h8,10,14H,4-7,13H2,1-3H3. The molecular weight excluding hydrogens is 200 g/mol. The van der Waals surface area contributed by atoms with Gasteiger partial charge in [-0.25, -0.2) is 4.68 Å². The molecule has 0 aliphatic heterocycles. The number of rotatable bonds is 5. The van der Waals surface area contributed by atoms with Gasteiger partial charge in [-0.05, 0) is 38.5 Å². The van der Waals surface area contributed by atoms with Gasteiger partial charge in [-0.1, -0.05) is 6.92 Å². The van der Waals surface area contributed by atoms with E-state index >= 15 is 0 Å². The highest BCUT2D eigenvalue weighted by Gasteiger charge is 2.27. The number of nitrogens with two attached hydrogens (primary N) is 1. The first-order valence-corrected chi connectivity index (χ1v) is 6.20. The summed E-state index contributed by atoms with van der Waals surface area (Å²) in [4.78, 5) is 0. The zero-order chi connectivity index (χ0) is 11.7. The Labute approximate surface area is 97.2 Å². The monoisotopic (exact) mass is 222 g/mol. The Hall–Kier alpha value is -1.19. The van der Waals surface area contributed by atoms with Crippen molar-refractivity contribution in [1.29, 1.82) is 0 Å². The minimum Gasteiger partial charge on any atom is -0.394 e. The lowest BCUT2D eigenvalue weighted by molar-refractivity contribution is 0.532. The summed E-state index contributed by atoms with van der Waals surface area (Å²) >= 11 is 0. The number of nitrogens with one attached hydrogen (secondary N) is 1. The second-order valence-electron chi connectivity index (χ2n) is 4.86. The molecule has 0 bridgehead atoms. The van der Waals surface area contributed by atoms with E-state index in [1.54, 1.807) is 0 Å². The molecule has 1 atom stereocenters. The van der Waals surface area contributed by atoms with E-state index in [-0.39, 0.29) is 0 Å². The molecule has 0 radical (unpaired) electrons. The molecule has 1 heterocycles. The van der Waals surface area contributed by atoms with Gasteiger partial charge in [-0.3, -0.25) is 0 Å². The van der Waals surface area contributed by atoms with Crippen molar-refractivity contribution in [3.63, 3.8) is 0 Å². The Morgan fingerprint density at radius 2 is 2.25 bits per heavy atom. The van der Waals surface area contributed by atoms with Gasteiger partial charge in [-0.2, -0.15) is 5.10 Å². The van der Waals surface area contributed by atoms with Crippen LogP contribution in [0.4, 0.5) is 11.5 Å². The van der Waals surface area contributed by atoms with Crippen LogP contribution in [0, 0.1) is 18.8 Å². The molecule has 1 unspecified atom stereocenters. The molecule has 4 nitrogen and oxygen atoms in total. The fraction of sp³-hybridized carbons (Fsp3) is 0.750. The van der Waals surface area contributed by atoms with Gasteiger partial charge in [0.15, 0.2) is 0 Å². The summed E-state index contributed by atoms with van der Waals surface area (Å²) in [7, 11) is 0. The van der Waals surface area contributed by atoms with Crippen LogP contribution >= 0.6 is 0 Å². The van der Waals surface area contributed by atoms with Crippen LogP contribution in [0.1, 0.15) is 32.4 Å². The largest absolute Gasteiger partial charge is 0.394 e. The Morgan fingerprint density at radius 3 is 2.81 bits per heavy atom. The van der Waals surface area contributed by atoms with Crippen molar-refractivity contribution in [3.8, 4) is 0 Å². The fourth-order valence-electron chi connectivity index (χ4n) is 2.10. The van der Waals surface area contributed by atoms with E-state index in [1.807, 2.05) is 11.6 Å². The average Bonchev–Trinajstić information content (AvgIpc) is 3.06. The second kappa shape index (κ2) is 4.36. The number of nitrogen functional groups attached to an aromatic ring is 1. The molecule has 1 aromatic heterocycles. The van der Waals surface area contributed by atoms with E-state index in [4.69, 9.17) is 5.73 Å². The highest BCUT2D eigenvalue weighted by molar-refractivity contribution is 5.64. The van der Waals surface area contributed by atoms with Crippen LogP contribution in [0.3, 0.4) is 0 Å². The first-order valence-electron chi connectivity index (χ1n) is 6.20. The van der Waals surface area contributed by atoms with Crippen LogP contribution in [-0.2, 0) is 6.54 Å². The highest BCUT2D eigenvalue weighted by atomic mass is 15.3. The van der Waals surface area contributed by atoms with Crippen LogP contribution in [0.5, 0.6) is 0 Å². The molecule has 0 aromatic carbocycles. The van der Waals surface area contributed by atoms with Gasteiger partial charge < -0.3 is 11.1 Å². The summed E-state index contributed by atoms with van der Waals surface area (Å²) < 4.78 is 1.95. The average molecular weight is 222 g/mol. The first kappa shape index (κ1) is 11.3. The maximum atomic E-state index is 6.01. The molecule has 0 amide bonds. The molecule has 1 saturated carbocycles. The molecule has 90 valence electrons. The van der Waals surface area contributed by atoms with Gasteiger partial charge in [0.25, 0.3) is 0 Å². The number of aryl methyl sites for hydroxylation is 2. The van der Waals surface area contributed by atoms with Crippen molar-refractivity contribution in [3.05, 3.63) is 5.69 Å². The van der Waals surface area contributed by atoms with Gasteiger partial charge in [0.05, 0.1) is 11.4 Å². The van der Waals surface area contributed by atoms with E-state index in [0.29, 0.717) is 0 Å². The predicted octanol–water partition coefficient (Wildman–Crippen LogP) is 2.25. The van der Waals surface area contributed by atoms with Gasteiger partial charge in [-0.15, -0.1) is 0 Å². The lowest BCUT2D eigenvalue weighted by Gasteiger charge is -2.13. The molecule has 4 heteroatoms. The van der Waals surface area contributed by atoms with Crippen LogP contribution in [-0.4, -0.2) is 16.3 Å². The Balaban J connectivity index is 2.01. The fourth-order valence-corrected chi connectivity index (χ4v) is 2.10. The van der Waals surface area contributed by atoms with Crippen molar-refractivity contribution in [2.75, 3.05) is 17.6 Å². The normalized spacial score (nSPS) is 17.4. The third-order valence-electron chi connectivity index (χ3n) is 3.49. The zero-order valence-electron chi connectivity index (χ0n) is 10.5. The molecule has 0 saturated heterocycles. The van der Waals surface area contributed by atoms with E-state index in [1.165, 1.54) is 12.8 Å². The van der Waals surface area contributed by atoms with Gasteiger partial charge in [0, 0.05) is 13.1 Å². The highest BCUT2D eigenvalue weighted by Crippen LogP contribution is 2.36. The molecular formula is C12H22N4. The molecule has 3 N–H and O–H groups in total. The lowest BCUT2D eigenvalue weighted by Crippen LogP contribution is -2.16. The maximum Gasteiger partial charge on any atom is 0.148 e. The molecule has 1 aliphatic rings. The van der Waals surface area contributed by atoms with E-state index in [2.05, 4.69) is 24.3 Å². The minimum atomic E-state index is 0.736. The maximum absolute atomic E-state index is 6.01. The number of anilines is 2. The molecule has 1 aromatic rings. The van der Waals surface area contributed by atoms with Crippen molar-refractivity contribution in [2.24, 2.45) is 11.8 Å². The van der Waals surface area contributed by atoms with Gasteiger partial charge >= 0.3 is 0 Å². The zero-order valence-corrected chi connectivity index (χ0v) is 10.5. The van der Waals surface area contributed by atoms with Crippen molar-refractivity contribution in [1.82, 2.24) is 9.78 Å². The summed E-state index contributed by atoms with van der Waals surface area (Å²) in [6, 6.07) is 0. The van der Waals surface area contributed by atoms with Crippen LogP contribution in [0.15, 0.2) is 0 Å². The SMILES string of the molecule is CCn1nc(C)c(N)c1NCC(C)C1CC1. The summed E-state index contributed by atoms with van der Waals surface area (Å²) in [5, 5.41) is 7.85. The van der Waals surface area contributed by atoms with Gasteiger partial charge in [0.2, 0.25) is 0 Å². The summed E-state index contributed by atoms with van der Waals surface area (Å²) in [5.74, 6) is 2.65. The number of hydrogen-bond acceptors (Lipinski definition) is 3. The Morgan fingerprint density at radius 1 is 1.56 bits per heavy atom. The smallest absolute Gasteiger partial charge is 0.148 e. The molecule has 16 heavy (non-hydrogen) atoms. The lowest BCUT2D eigenvalue weighted by atomic mass is 10.1. The van der Waals surface area contributed by atoms with Crippen LogP contribution in [0.2, 0.25) is 0 Å². The number of hydrogen-bond donors (Lipinski definition) is 2. The van der Waals surface area contributed by atoms with Gasteiger partial charge in [0.1, 0.15) is 5.82 Å². The first-order chi connectivity index (χ1) is 7.63. The number of aromatic nitrogens is 2. The van der Waals surface area contributed by atoms with Crippen LogP contribution < -0.4 is 11.1 Å². The van der Waals surface area contributed by atoms with Crippen molar-refractivity contribution >= 4 is 11.5 Å². The summed E-state index contributed by atoms with van der Waals surface area (Å²) in [6.07, 6.45) is 2.79. The van der Waals surface area contributed by atoms with E-state index in [9.17, 15) is 0 Å². The molecule has 0 spiro atoms. The Bertz CT molecular complexity index is 365. The predicted molar refractivity (Wildman–Crippen MR) is 67.4 cm³/mol. The third-order valence-corrected chi connectivity index (χ3v) is 3.49. The van der Waals surface area contributed by atoms with E-state index < -0.39 is 0 Å². The minimum absolute atomic E-state index is 0.736. The Kier molecular flexibility index (Phi) is 3.08.